The van der Waals surface area contributed by atoms with Crippen LogP contribution < -0.4 is 5.32 Å². The average molecular weight is 548 g/mol. The molecule has 3 atom stereocenters. The zero-order chi connectivity index (χ0) is 27.3. The summed E-state index contributed by atoms with van der Waals surface area (Å²) in [5.74, 6) is -3.84. The Morgan fingerprint density at radius 2 is 1.61 bits per heavy atom. The van der Waals surface area contributed by atoms with Gasteiger partial charge in [-0.25, -0.2) is 9.59 Å². The normalized spacial score (nSPS) is 24.1. The molecule has 15 heteroatoms. The summed E-state index contributed by atoms with van der Waals surface area (Å²) in [6.45, 7) is 4.19. The minimum Gasteiger partial charge on any atom is -0.475 e. The van der Waals surface area contributed by atoms with E-state index in [1.807, 2.05) is 0 Å². The van der Waals surface area contributed by atoms with Crippen LogP contribution in [0.15, 0.2) is 16.8 Å². The number of carboxylic acid groups (broad SMARTS) is 2. The molecule has 4 rings (SSSR count). The Morgan fingerprint density at radius 3 is 2.03 bits per heavy atom. The number of likely N-dealkylation sites (tertiary alicyclic amines) is 2. The molecule has 1 aliphatic carbocycles. The number of carboxylic acids is 2. The number of amides is 1. The second kappa shape index (κ2) is 12.2. The molecular formula is C21H27F6N3O5S. The number of fused-ring (bicyclic) bond motifs is 1. The number of hydrogen-bond acceptors (Lipinski definition) is 6. The summed E-state index contributed by atoms with van der Waals surface area (Å²) >= 11 is 1.77. The predicted octanol–water partition coefficient (Wildman–Crippen LogP) is 3.05. The van der Waals surface area contributed by atoms with E-state index < -0.39 is 24.3 Å². The molecule has 3 heterocycles. The summed E-state index contributed by atoms with van der Waals surface area (Å²) in [4.78, 5) is 35.1. The average Bonchev–Trinajstić information content (AvgIpc) is 3.14. The molecule has 0 radical (unpaired) electrons. The first-order valence-corrected chi connectivity index (χ1v) is 11.9. The van der Waals surface area contributed by atoms with Crippen LogP contribution in [0.5, 0.6) is 0 Å². The molecule has 3 fully saturated rings. The van der Waals surface area contributed by atoms with E-state index in [0.29, 0.717) is 12.0 Å². The fourth-order valence-corrected chi connectivity index (χ4v) is 4.73. The molecule has 0 bridgehead atoms. The molecule has 0 unspecified atom stereocenters. The highest BCUT2D eigenvalue weighted by Gasteiger charge is 2.47. The molecule has 204 valence electrons. The van der Waals surface area contributed by atoms with Gasteiger partial charge >= 0.3 is 24.3 Å². The number of nitrogens with one attached hydrogen (secondary N) is 1. The quantitative estimate of drug-likeness (QED) is 0.486. The SMILES string of the molecule is CN1[C@@H](C(=O)NCC2CC2)C[C@@H]2CN(Cc3ccsc3)C[C@@H]21.O=C(O)C(F)(F)F.O=C(O)C(F)(F)F. The molecule has 36 heavy (non-hydrogen) atoms. The Morgan fingerprint density at radius 1 is 1.06 bits per heavy atom. The van der Waals surface area contributed by atoms with Gasteiger partial charge in [0.2, 0.25) is 5.91 Å². The summed E-state index contributed by atoms with van der Waals surface area (Å²) in [6.07, 6.45) is -6.55. The fraction of sp³-hybridized carbons (Fsp3) is 0.667. The van der Waals surface area contributed by atoms with Crippen molar-refractivity contribution in [2.45, 2.75) is 50.2 Å². The minimum atomic E-state index is -5.08. The van der Waals surface area contributed by atoms with Gasteiger partial charge in [-0.15, -0.1) is 0 Å². The summed E-state index contributed by atoms with van der Waals surface area (Å²) in [7, 11) is 2.14. The summed E-state index contributed by atoms with van der Waals surface area (Å²) in [6, 6.07) is 2.86. The van der Waals surface area contributed by atoms with Gasteiger partial charge in [-0.1, -0.05) is 0 Å². The number of rotatable bonds is 5. The van der Waals surface area contributed by atoms with Crippen molar-refractivity contribution in [2.75, 3.05) is 26.7 Å². The van der Waals surface area contributed by atoms with Crippen LogP contribution in [0.25, 0.3) is 0 Å². The largest absolute Gasteiger partial charge is 0.490 e. The molecule has 3 aliphatic rings. The van der Waals surface area contributed by atoms with Crippen molar-refractivity contribution in [3.05, 3.63) is 22.4 Å². The first-order valence-electron chi connectivity index (χ1n) is 10.9. The maximum Gasteiger partial charge on any atom is 0.490 e. The van der Waals surface area contributed by atoms with E-state index in [-0.39, 0.29) is 11.9 Å². The Hall–Kier alpha value is -2.39. The molecular weight excluding hydrogens is 520 g/mol. The number of carbonyl (C=O) groups is 3. The third-order valence-electron chi connectivity index (χ3n) is 6.06. The van der Waals surface area contributed by atoms with E-state index >= 15 is 0 Å². The Bertz CT molecular complexity index is 868. The van der Waals surface area contributed by atoms with Gasteiger partial charge in [-0.3, -0.25) is 14.6 Å². The van der Waals surface area contributed by atoms with E-state index in [9.17, 15) is 31.1 Å². The number of nitrogens with zero attached hydrogens (tertiary/aromatic N) is 2. The van der Waals surface area contributed by atoms with Crippen LogP contribution in [0, 0.1) is 11.8 Å². The standard InChI is InChI=1S/C17H25N3OS.2C2HF3O2/c1-19-15(17(21)18-7-12-2-3-12)6-14-9-20(10-16(14)19)8-13-4-5-22-11-13;2*3-2(4,5)1(6)7/h4-5,11-12,14-16H,2-3,6-10H2,1H3,(H,18,21);2*(H,6,7)/t14-,15-,16+;;/m1../s1. The van der Waals surface area contributed by atoms with E-state index in [1.165, 1.54) is 18.4 Å². The molecule has 2 saturated heterocycles. The van der Waals surface area contributed by atoms with Gasteiger partial charge in [0.15, 0.2) is 0 Å². The van der Waals surface area contributed by atoms with Gasteiger partial charge < -0.3 is 15.5 Å². The topological polar surface area (TPSA) is 110 Å². The number of thiophene rings is 1. The Balaban J connectivity index is 0.000000271. The third-order valence-corrected chi connectivity index (χ3v) is 6.79. The molecule has 0 spiro atoms. The molecule has 1 aromatic rings. The van der Waals surface area contributed by atoms with Crippen molar-refractivity contribution in [3.63, 3.8) is 0 Å². The number of hydrogen-bond donors (Lipinski definition) is 3. The van der Waals surface area contributed by atoms with Gasteiger partial charge in [0.25, 0.3) is 0 Å². The number of alkyl halides is 6. The highest BCUT2D eigenvalue weighted by Crippen LogP contribution is 2.35. The second-order valence-corrected chi connectivity index (χ2v) is 9.64. The van der Waals surface area contributed by atoms with Crippen LogP contribution in [0.4, 0.5) is 26.3 Å². The first-order chi connectivity index (χ1) is 16.6. The van der Waals surface area contributed by atoms with E-state index in [4.69, 9.17) is 19.8 Å². The van der Waals surface area contributed by atoms with Crippen LogP contribution in [0.1, 0.15) is 24.8 Å². The maximum absolute atomic E-state index is 12.4. The molecule has 1 amide bonds. The number of likely N-dealkylation sites (N-methyl/N-ethyl adjacent to an activating group) is 1. The van der Waals surface area contributed by atoms with Gasteiger partial charge in [0, 0.05) is 32.2 Å². The van der Waals surface area contributed by atoms with Crippen molar-refractivity contribution in [1.82, 2.24) is 15.1 Å². The highest BCUT2D eigenvalue weighted by molar-refractivity contribution is 7.07. The van der Waals surface area contributed by atoms with Gasteiger partial charge in [0.1, 0.15) is 0 Å². The first kappa shape index (κ1) is 29.8. The Kier molecular flexibility index (Phi) is 10.1. The van der Waals surface area contributed by atoms with Gasteiger partial charge in [0.05, 0.1) is 6.04 Å². The lowest BCUT2D eigenvalue weighted by molar-refractivity contribution is -0.193. The lowest BCUT2D eigenvalue weighted by Crippen LogP contribution is -2.46. The maximum atomic E-state index is 12.4. The molecule has 1 aromatic heterocycles. The summed E-state index contributed by atoms with van der Waals surface area (Å²) < 4.78 is 63.5. The fourth-order valence-electron chi connectivity index (χ4n) is 4.07. The van der Waals surface area contributed by atoms with Crippen molar-refractivity contribution in [2.24, 2.45) is 11.8 Å². The highest BCUT2D eigenvalue weighted by atomic mass is 32.1. The molecule has 1 saturated carbocycles. The van der Waals surface area contributed by atoms with E-state index in [0.717, 1.165) is 38.5 Å². The molecule has 3 N–H and O–H groups in total. The predicted molar refractivity (Wildman–Crippen MR) is 116 cm³/mol. The summed E-state index contributed by atoms with van der Waals surface area (Å²) in [5, 5.41) is 21.8. The monoisotopic (exact) mass is 547 g/mol. The van der Waals surface area contributed by atoms with Gasteiger partial charge in [-0.2, -0.15) is 37.7 Å². The van der Waals surface area contributed by atoms with Crippen LogP contribution in [0.3, 0.4) is 0 Å². The van der Waals surface area contributed by atoms with Crippen molar-refractivity contribution < 1.29 is 50.9 Å². The van der Waals surface area contributed by atoms with Crippen molar-refractivity contribution in [1.29, 1.82) is 0 Å². The zero-order valence-corrected chi connectivity index (χ0v) is 20.0. The minimum absolute atomic E-state index is 0.0945. The molecule has 2 aliphatic heterocycles. The third kappa shape index (κ3) is 9.24. The van der Waals surface area contributed by atoms with Gasteiger partial charge in [-0.05, 0) is 60.5 Å². The van der Waals surface area contributed by atoms with Crippen LogP contribution in [0.2, 0.25) is 0 Å². The Labute approximate surface area is 206 Å². The lowest BCUT2D eigenvalue weighted by atomic mass is 10.0. The van der Waals surface area contributed by atoms with Crippen LogP contribution in [-0.4, -0.2) is 89.0 Å². The van der Waals surface area contributed by atoms with E-state index in [2.05, 4.69) is 39.0 Å². The number of aliphatic carboxylic acids is 2. The lowest BCUT2D eigenvalue weighted by Gasteiger charge is -2.26. The van der Waals surface area contributed by atoms with Crippen molar-refractivity contribution >= 4 is 29.2 Å². The van der Waals surface area contributed by atoms with Crippen LogP contribution in [-0.2, 0) is 20.9 Å². The number of halogens is 6. The van der Waals surface area contributed by atoms with Crippen molar-refractivity contribution in [3.8, 4) is 0 Å². The second-order valence-electron chi connectivity index (χ2n) is 8.86. The smallest absolute Gasteiger partial charge is 0.475 e. The zero-order valence-electron chi connectivity index (χ0n) is 19.2. The number of carbonyl (C=O) groups excluding carboxylic acids is 1. The summed E-state index contributed by atoms with van der Waals surface area (Å²) in [5.41, 5.74) is 1.42. The van der Waals surface area contributed by atoms with E-state index in [1.54, 1.807) is 11.3 Å². The van der Waals surface area contributed by atoms with Crippen LogP contribution >= 0.6 is 11.3 Å². The molecule has 8 nitrogen and oxygen atoms in total. The molecule has 0 aromatic carbocycles.